The van der Waals surface area contributed by atoms with Gasteiger partial charge in [-0.2, -0.15) is 0 Å². The van der Waals surface area contributed by atoms with Crippen molar-refractivity contribution in [3.63, 3.8) is 0 Å². The second-order valence-corrected chi connectivity index (χ2v) is 8.45. The number of benzene rings is 4. The summed E-state index contributed by atoms with van der Waals surface area (Å²) < 4.78 is 9.95. The Kier molecular flexibility index (Phi) is 10.1. The molecule has 4 aromatic carbocycles. The van der Waals surface area contributed by atoms with Gasteiger partial charge in [-0.25, -0.2) is 0 Å². The van der Waals surface area contributed by atoms with Crippen LogP contribution >= 0.6 is 24.9 Å². The molecule has 0 saturated heterocycles. The van der Waals surface area contributed by atoms with E-state index < -0.39 is 7.92 Å². The van der Waals surface area contributed by atoms with E-state index in [9.17, 15) is 0 Å². The van der Waals surface area contributed by atoms with Crippen molar-refractivity contribution in [2.75, 3.05) is 14.2 Å². The van der Waals surface area contributed by atoms with Gasteiger partial charge in [0.15, 0.2) is 0 Å². The molecule has 0 N–H and O–H groups in total. The summed E-state index contributed by atoms with van der Waals surface area (Å²) in [6, 6.07) is 39.8. The maximum atomic E-state index is 4.98. The molecule has 4 aromatic rings. The van der Waals surface area contributed by atoms with Gasteiger partial charge in [-0.05, 0) is 36.0 Å². The maximum absolute atomic E-state index is 4.98. The lowest BCUT2D eigenvalue weighted by Gasteiger charge is -2.18. The number of hydrogen-bond acceptors (Lipinski definition) is 2. The summed E-state index contributed by atoms with van der Waals surface area (Å²) in [6.45, 7) is 0. The predicted octanol–water partition coefficient (Wildman–Crippen LogP) is 5.73. The van der Waals surface area contributed by atoms with Crippen LogP contribution in [-0.2, 0) is 0 Å². The number of halogens is 1. The molecular weight excluding hydrogens is 455 g/mol. The van der Waals surface area contributed by atoms with E-state index in [1.165, 1.54) is 15.9 Å². The van der Waals surface area contributed by atoms with Gasteiger partial charge in [-0.1, -0.05) is 97.1 Å². The van der Waals surface area contributed by atoms with E-state index in [-0.39, 0.29) is 17.0 Å². The van der Waals surface area contributed by atoms with Gasteiger partial charge in [0.05, 0.1) is 14.2 Å². The van der Waals surface area contributed by atoms with Gasteiger partial charge in [0.25, 0.3) is 0 Å². The Bertz CT molecular complexity index is 866. The second kappa shape index (κ2) is 12.8. The molecule has 2 nitrogen and oxygen atoms in total. The molecule has 4 rings (SSSR count). The van der Waals surface area contributed by atoms with E-state index in [4.69, 9.17) is 9.47 Å². The topological polar surface area (TPSA) is 18.5 Å². The van der Waals surface area contributed by atoms with Crippen molar-refractivity contribution in [3.8, 4) is 11.5 Å². The molecule has 0 saturated carbocycles. The Morgan fingerprint density at radius 3 is 1.10 bits per heavy atom. The highest BCUT2D eigenvalue weighted by molar-refractivity contribution is 8.93. The highest BCUT2D eigenvalue weighted by Gasteiger charge is 2.14. The molecule has 0 bridgehead atoms. The standard InChI is InChI=1S/C18H15P.C8H10O2.BrH/c1-4-10-16(11-5-1)19(17-12-6-2-7-13-17)18-14-8-3-9-15-18;1-9-7-4-3-5-8(6-7)10-2;/h1-15H;3-6H,1-2H3;1H. The lowest BCUT2D eigenvalue weighted by molar-refractivity contribution is 0.394. The fourth-order valence-corrected chi connectivity index (χ4v) is 5.21. The minimum atomic E-state index is -0.446. The highest BCUT2D eigenvalue weighted by atomic mass is 79.9. The number of hydrogen-bond donors (Lipinski definition) is 0. The van der Waals surface area contributed by atoms with Crippen LogP contribution in [0.3, 0.4) is 0 Å². The molecule has 0 unspecified atom stereocenters. The lowest BCUT2D eigenvalue weighted by Crippen LogP contribution is -2.20. The average molecular weight is 481 g/mol. The van der Waals surface area contributed by atoms with E-state index >= 15 is 0 Å². The smallest absolute Gasteiger partial charge is 0.122 e. The minimum Gasteiger partial charge on any atom is -0.497 e. The third-order valence-corrected chi connectivity index (χ3v) is 6.76. The molecule has 0 aliphatic carbocycles. The third-order valence-electron chi connectivity index (χ3n) is 4.32. The molecular formula is C26H26BrO2P. The van der Waals surface area contributed by atoms with E-state index in [0.29, 0.717) is 0 Å². The van der Waals surface area contributed by atoms with Crippen LogP contribution in [0.25, 0.3) is 0 Å². The Hall–Kier alpha value is -2.61. The zero-order chi connectivity index (χ0) is 20.3. The predicted molar refractivity (Wildman–Crippen MR) is 135 cm³/mol. The van der Waals surface area contributed by atoms with Gasteiger partial charge in [-0.3, -0.25) is 0 Å². The van der Waals surface area contributed by atoms with Crippen LogP contribution in [0.4, 0.5) is 0 Å². The molecule has 0 heterocycles. The summed E-state index contributed by atoms with van der Waals surface area (Å²) in [6.07, 6.45) is 0. The molecule has 154 valence electrons. The van der Waals surface area contributed by atoms with Gasteiger partial charge >= 0.3 is 0 Å². The first-order valence-electron chi connectivity index (χ1n) is 9.45. The molecule has 4 heteroatoms. The van der Waals surface area contributed by atoms with Crippen molar-refractivity contribution in [2.45, 2.75) is 0 Å². The van der Waals surface area contributed by atoms with Crippen LogP contribution in [0, 0.1) is 0 Å². The molecule has 0 aliphatic heterocycles. The second-order valence-electron chi connectivity index (χ2n) is 6.23. The fraction of sp³-hybridized carbons (Fsp3) is 0.0769. The molecule has 0 spiro atoms. The Labute approximate surface area is 191 Å². The van der Waals surface area contributed by atoms with Crippen LogP contribution in [-0.4, -0.2) is 14.2 Å². The Morgan fingerprint density at radius 2 is 0.800 bits per heavy atom. The molecule has 0 radical (unpaired) electrons. The van der Waals surface area contributed by atoms with E-state index in [1.54, 1.807) is 14.2 Å². The summed E-state index contributed by atoms with van der Waals surface area (Å²) >= 11 is 0. The van der Waals surface area contributed by atoms with Gasteiger partial charge in [0.1, 0.15) is 11.5 Å². The summed E-state index contributed by atoms with van der Waals surface area (Å²) in [7, 11) is 2.82. The molecule has 30 heavy (non-hydrogen) atoms. The maximum Gasteiger partial charge on any atom is 0.122 e. The number of rotatable bonds is 5. The molecule has 0 amide bonds. The first-order valence-corrected chi connectivity index (χ1v) is 10.8. The molecule has 0 aromatic heterocycles. The van der Waals surface area contributed by atoms with Crippen LogP contribution in [0.2, 0.25) is 0 Å². The fourth-order valence-electron chi connectivity index (χ4n) is 2.91. The van der Waals surface area contributed by atoms with E-state index in [0.717, 1.165) is 11.5 Å². The Balaban J connectivity index is 0.000000249. The summed E-state index contributed by atoms with van der Waals surface area (Å²) in [4.78, 5) is 0. The molecule has 0 atom stereocenters. The van der Waals surface area contributed by atoms with Crippen LogP contribution in [0.1, 0.15) is 0 Å². The lowest BCUT2D eigenvalue weighted by atomic mass is 10.3. The largest absolute Gasteiger partial charge is 0.497 e. The normalized spacial score (nSPS) is 9.70. The zero-order valence-electron chi connectivity index (χ0n) is 17.1. The van der Waals surface area contributed by atoms with Crippen molar-refractivity contribution < 1.29 is 9.47 Å². The first-order chi connectivity index (χ1) is 14.3. The SMILES string of the molecule is Br.COc1cccc(OC)c1.c1ccc(P(c2ccccc2)c2ccccc2)cc1. The van der Waals surface area contributed by atoms with Crippen molar-refractivity contribution >= 4 is 40.8 Å². The van der Waals surface area contributed by atoms with Crippen molar-refractivity contribution in [3.05, 3.63) is 115 Å². The van der Waals surface area contributed by atoms with Gasteiger partial charge in [-0.15, -0.1) is 17.0 Å². The van der Waals surface area contributed by atoms with Gasteiger partial charge in [0, 0.05) is 6.07 Å². The summed E-state index contributed by atoms with van der Waals surface area (Å²) in [5, 5.41) is 4.19. The van der Waals surface area contributed by atoms with Crippen molar-refractivity contribution in [2.24, 2.45) is 0 Å². The Morgan fingerprint density at radius 1 is 0.467 bits per heavy atom. The third kappa shape index (κ3) is 6.73. The van der Waals surface area contributed by atoms with Crippen molar-refractivity contribution in [1.82, 2.24) is 0 Å². The zero-order valence-corrected chi connectivity index (χ0v) is 19.7. The summed E-state index contributed by atoms with van der Waals surface area (Å²) in [5.41, 5.74) is 0. The number of ether oxygens (including phenoxy) is 2. The molecule has 0 fully saturated rings. The average Bonchev–Trinajstić information content (AvgIpc) is 2.82. The van der Waals surface area contributed by atoms with Gasteiger partial charge < -0.3 is 9.47 Å². The van der Waals surface area contributed by atoms with Crippen LogP contribution < -0.4 is 25.4 Å². The monoisotopic (exact) mass is 480 g/mol. The number of methoxy groups -OCH3 is 2. The van der Waals surface area contributed by atoms with Crippen LogP contribution in [0.15, 0.2) is 115 Å². The van der Waals surface area contributed by atoms with Gasteiger partial charge in [0.2, 0.25) is 0 Å². The van der Waals surface area contributed by atoms with Crippen LogP contribution in [0.5, 0.6) is 11.5 Å². The van der Waals surface area contributed by atoms with E-state index in [1.807, 2.05) is 24.3 Å². The minimum absolute atomic E-state index is 0. The van der Waals surface area contributed by atoms with E-state index in [2.05, 4.69) is 91.0 Å². The quantitative estimate of drug-likeness (QED) is 0.339. The molecule has 0 aliphatic rings. The summed E-state index contributed by atoms with van der Waals surface area (Å²) in [5.74, 6) is 1.64. The first kappa shape index (κ1) is 23.7. The highest BCUT2D eigenvalue weighted by Crippen LogP contribution is 2.32. The van der Waals surface area contributed by atoms with Crippen molar-refractivity contribution in [1.29, 1.82) is 0 Å².